The van der Waals surface area contributed by atoms with Gasteiger partial charge in [0, 0.05) is 0 Å². The van der Waals surface area contributed by atoms with Crippen molar-refractivity contribution in [3.8, 4) is 5.75 Å². The quantitative estimate of drug-likeness (QED) is 0.714. The maximum atomic E-state index is 12.6. The number of carbonyl (C=O) groups is 1. The Kier molecular flexibility index (Phi) is 7.24. The number of hydrogen-bond donors (Lipinski definition) is 1. The summed E-state index contributed by atoms with van der Waals surface area (Å²) in [4.78, 5) is 12.6. The van der Waals surface area contributed by atoms with E-state index in [1.807, 2.05) is 44.2 Å². The molecule has 0 fully saturated rings. The molecule has 0 heterocycles. The van der Waals surface area contributed by atoms with E-state index in [0.717, 1.165) is 16.1 Å². The highest BCUT2D eigenvalue weighted by Crippen LogP contribution is 2.29. The molecule has 0 aliphatic heterocycles. The first-order valence-corrected chi connectivity index (χ1v) is 10.8. The van der Waals surface area contributed by atoms with Crippen molar-refractivity contribution < 1.29 is 17.9 Å². The zero-order valence-electron chi connectivity index (χ0n) is 15.9. The minimum absolute atomic E-state index is 0.178. The number of carbonyl (C=O) groups excluding carboxylic acids is 1. The summed E-state index contributed by atoms with van der Waals surface area (Å²) in [6.45, 7) is 3.87. The number of anilines is 1. The molecule has 0 saturated heterocycles. The van der Waals surface area contributed by atoms with Gasteiger partial charge in [0.1, 0.15) is 12.3 Å². The van der Waals surface area contributed by atoms with Crippen LogP contribution in [0.2, 0.25) is 0 Å². The fraction of sp³-hybridized carbons (Fsp3) is 0.350. The Bertz CT molecular complexity index is 853. The predicted molar refractivity (Wildman–Crippen MR) is 107 cm³/mol. The molecule has 0 aliphatic rings. The van der Waals surface area contributed by atoms with Gasteiger partial charge in [-0.1, -0.05) is 49.4 Å². The Morgan fingerprint density at radius 2 is 1.70 bits per heavy atom. The molecule has 0 spiro atoms. The fourth-order valence-electron chi connectivity index (χ4n) is 2.80. The van der Waals surface area contributed by atoms with Gasteiger partial charge in [-0.15, -0.1) is 0 Å². The summed E-state index contributed by atoms with van der Waals surface area (Å²) < 4.78 is 31.3. The Morgan fingerprint density at radius 3 is 2.30 bits per heavy atom. The van der Waals surface area contributed by atoms with Crippen molar-refractivity contribution in [3.05, 3.63) is 60.2 Å². The molecule has 0 aliphatic carbocycles. The van der Waals surface area contributed by atoms with E-state index in [1.165, 1.54) is 0 Å². The highest BCUT2D eigenvalue weighted by atomic mass is 32.2. The van der Waals surface area contributed by atoms with Gasteiger partial charge in [0.05, 0.1) is 24.6 Å². The topological polar surface area (TPSA) is 75.7 Å². The SMILES string of the molecule is CCOc1ccccc1N(CC(=O)N[C@H](CC)c1ccccc1)S(C)(=O)=O. The van der Waals surface area contributed by atoms with Crippen LogP contribution in [0.5, 0.6) is 5.75 Å². The lowest BCUT2D eigenvalue weighted by Gasteiger charge is -2.25. The summed E-state index contributed by atoms with van der Waals surface area (Å²) in [6, 6.07) is 16.2. The molecular formula is C20H26N2O4S. The number of nitrogens with one attached hydrogen (secondary N) is 1. The van der Waals surface area contributed by atoms with Gasteiger partial charge in [-0.2, -0.15) is 0 Å². The van der Waals surface area contributed by atoms with Crippen LogP contribution in [0, 0.1) is 0 Å². The summed E-state index contributed by atoms with van der Waals surface area (Å²) in [5, 5.41) is 2.92. The number of sulfonamides is 1. The molecule has 0 saturated carbocycles. The molecule has 1 atom stereocenters. The first-order valence-electron chi connectivity index (χ1n) is 8.90. The van der Waals surface area contributed by atoms with Crippen LogP contribution in [-0.4, -0.2) is 33.7 Å². The molecule has 0 bridgehead atoms. The Morgan fingerprint density at radius 1 is 1.07 bits per heavy atom. The fourth-order valence-corrected chi connectivity index (χ4v) is 3.66. The van der Waals surface area contributed by atoms with E-state index in [2.05, 4.69) is 5.32 Å². The summed E-state index contributed by atoms with van der Waals surface area (Å²) in [5.74, 6) is 0.0516. The zero-order valence-corrected chi connectivity index (χ0v) is 16.7. The maximum Gasteiger partial charge on any atom is 0.241 e. The molecule has 2 aromatic carbocycles. The molecule has 1 N–H and O–H groups in total. The highest BCUT2D eigenvalue weighted by molar-refractivity contribution is 7.92. The summed E-state index contributed by atoms with van der Waals surface area (Å²) in [6.07, 6.45) is 1.78. The van der Waals surface area contributed by atoms with Gasteiger partial charge >= 0.3 is 0 Å². The van der Waals surface area contributed by atoms with Crippen LogP contribution in [0.1, 0.15) is 31.9 Å². The minimum Gasteiger partial charge on any atom is -0.492 e. The van der Waals surface area contributed by atoms with Crippen LogP contribution in [0.3, 0.4) is 0 Å². The van der Waals surface area contributed by atoms with E-state index in [-0.39, 0.29) is 18.5 Å². The van der Waals surface area contributed by atoms with Crippen LogP contribution < -0.4 is 14.4 Å². The zero-order chi connectivity index (χ0) is 19.9. The molecule has 6 nitrogen and oxygen atoms in total. The molecule has 1 amide bonds. The monoisotopic (exact) mass is 390 g/mol. The second kappa shape index (κ2) is 9.41. The third-order valence-corrected chi connectivity index (χ3v) is 5.19. The third kappa shape index (κ3) is 5.72. The lowest BCUT2D eigenvalue weighted by Crippen LogP contribution is -2.41. The van der Waals surface area contributed by atoms with Gasteiger partial charge in [0.2, 0.25) is 15.9 Å². The van der Waals surface area contributed by atoms with Gasteiger partial charge < -0.3 is 10.1 Å². The van der Waals surface area contributed by atoms with Crippen molar-refractivity contribution in [3.63, 3.8) is 0 Å². The molecule has 0 aromatic heterocycles. The van der Waals surface area contributed by atoms with E-state index in [0.29, 0.717) is 24.5 Å². The van der Waals surface area contributed by atoms with E-state index in [9.17, 15) is 13.2 Å². The van der Waals surface area contributed by atoms with Gasteiger partial charge in [-0.05, 0) is 31.0 Å². The van der Waals surface area contributed by atoms with Crippen molar-refractivity contribution in [2.75, 3.05) is 23.7 Å². The maximum absolute atomic E-state index is 12.6. The van der Waals surface area contributed by atoms with Crippen molar-refractivity contribution >= 4 is 21.6 Å². The van der Waals surface area contributed by atoms with Crippen molar-refractivity contribution in [2.24, 2.45) is 0 Å². The standard InChI is InChI=1S/C20H26N2O4S/c1-4-17(16-11-7-6-8-12-16)21-20(23)15-22(27(3,24)25)18-13-9-10-14-19(18)26-5-2/h6-14,17H,4-5,15H2,1-3H3,(H,21,23)/t17-/m1/s1. The van der Waals surface area contributed by atoms with Crippen LogP contribution in [0.15, 0.2) is 54.6 Å². The van der Waals surface area contributed by atoms with E-state index < -0.39 is 10.0 Å². The number of rotatable bonds is 9. The highest BCUT2D eigenvalue weighted by Gasteiger charge is 2.25. The number of para-hydroxylation sites is 2. The first kappa shape index (κ1) is 20.8. The molecule has 0 unspecified atom stereocenters. The van der Waals surface area contributed by atoms with E-state index in [4.69, 9.17) is 4.74 Å². The second-order valence-electron chi connectivity index (χ2n) is 6.11. The van der Waals surface area contributed by atoms with Crippen LogP contribution in [0.25, 0.3) is 0 Å². The Labute approximate surface area is 161 Å². The molecule has 146 valence electrons. The third-order valence-electron chi connectivity index (χ3n) is 4.07. The number of amides is 1. The predicted octanol–water partition coefficient (Wildman–Crippen LogP) is 3.12. The minimum atomic E-state index is -3.67. The molecular weight excluding hydrogens is 364 g/mol. The molecule has 2 aromatic rings. The van der Waals surface area contributed by atoms with Gasteiger partial charge in [0.25, 0.3) is 0 Å². The average molecular weight is 391 g/mol. The van der Waals surface area contributed by atoms with Crippen LogP contribution in [0.4, 0.5) is 5.69 Å². The molecule has 2 rings (SSSR count). The summed E-state index contributed by atoms with van der Waals surface area (Å²) in [7, 11) is -3.67. The normalized spacial score (nSPS) is 12.3. The lowest BCUT2D eigenvalue weighted by molar-refractivity contribution is -0.120. The van der Waals surface area contributed by atoms with Gasteiger partial charge in [-0.3, -0.25) is 9.10 Å². The number of hydrogen-bond acceptors (Lipinski definition) is 4. The van der Waals surface area contributed by atoms with Gasteiger partial charge in [-0.25, -0.2) is 8.42 Å². The number of ether oxygens (including phenoxy) is 1. The van der Waals surface area contributed by atoms with Crippen LogP contribution >= 0.6 is 0 Å². The Balaban J connectivity index is 2.23. The first-order chi connectivity index (χ1) is 12.9. The smallest absolute Gasteiger partial charge is 0.241 e. The largest absolute Gasteiger partial charge is 0.492 e. The van der Waals surface area contributed by atoms with Crippen molar-refractivity contribution in [1.82, 2.24) is 5.32 Å². The molecule has 0 radical (unpaired) electrons. The molecule has 27 heavy (non-hydrogen) atoms. The summed E-state index contributed by atoms with van der Waals surface area (Å²) in [5.41, 5.74) is 1.33. The van der Waals surface area contributed by atoms with Crippen molar-refractivity contribution in [1.29, 1.82) is 0 Å². The van der Waals surface area contributed by atoms with E-state index in [1.54, 1.807) is 24.3 Å². The van der Waals surface area contributed by atoms with Crippen molar-refractivity contribution in [2.45, 2.75) is 26.3 Å². The average Bonchev–Trinajstić information content (AvgIpc) is 2.65. The number of benzene rings is 2. The number of nitrogens with zero attached hydrogens (tertiary/aromatic N) is 1. The Hall–Kier alpha value is -2.54. The lowest BCUT2D eigenvalue weighted by atomic mass is 10.0. The van der Waals surface area contributed by atoms with Crippen LogP contribution in [-0.2, 0) is 14.8 Å². The molecule has 7 heteroatoms. The van der Waals surface area contributed by atoms with Gasteiger partial charge in [0.15, 0.2) is 0 Å². The van der Waals surface area contributed by atoms with E-state index >= 15 is 0 Å². The summed E-state index contributed by atoms with van der Waals surface area (Å²) >= 11 is 0. The second-order valence-corrected chi connectivity index (χ2v) is 8.02.